The molecule has 0 fully saturated rings. The van der Waals surface area contributed by atoms with Crippen molar-refractivity contribution in [1.29, 1.82) is 0 Å². The number of ether oxygens (including phenoxy) is 1. The van der Waals surface area contributed by atoms with E-state index >= 15 is 0 Å². The molecule has 33 heavy (non-hydrogen) atoms. The lowest BCUT2D eigenvalue weighted by molar-refractivity contribution is -0.141. The van der Waals surface area contributed by atoms with Crippen LogP contribution in [-0.2, 0) is 16.1 Å². The fraction of sp³-hybridized carbons (Fsp3) is 0.240. The minimum Gasteiger partial charge on any atom is -0.480 e. The van der Waals surface area contributed by atoms with Crippen LogP contribution < -0.4 is 5.32 Å². The number of rotatable bonds is 7. The quantitative estimate of drug-likeness (QED) is 0.568. The number of aliphatic carboxylic acids is 1. The first-order valence-corrected chi connectivity index (χ1v) is 10.5. The van der Waals surface area contributed by atoms with E-state index in [1.54, 1.807) is 6.07 Å². The molecule has 1 atom stereocenters. The van der Waals surface area contributed by atoms with Crippen LogP contribution in [0.15, 0.2) is 65.1 Å². The predicted molar refractivity (Wildman–Crippen MR) is 120 cm³/mol. The van der Waals surface area contributed by atoms with Gasteiger partial charge in [0, 0.05) is 13.0 Å². The van der Waals surface area contributed by atoms with Gasteiger partial charge in [-0.15, -0.1) is 0 Å². The van der Waals surface area contributed by atoms with Gasteiger partial charge in [0.2, 0.25) is 0 Å². The third-order valence-corrected chi connectivity index (χ3v) is 5.88. The Kier molecular flexibility index (Phi) is 6.17. The number of likely N-dealkylation sites (N-methyl/N-ethyl adjacent to an activating group) is 1. The van der Waals surface area contributed by atoms with E-state index in [4.69, 9.17) is 14.3 Å². The Morgan fingerprint density at radius 3 is 2.24 bits per heavy atom. The molecular formula is C25H24N2O6. The van der Waals surface area contributed by atoms with Crippen LogP contribution in [0.1, 0.15) is 40.3 Å². The van der Waals surface area contributed by atoms with Crippen molar-refractivity contribution in [2.45, 2.75) is 25.4 Å². The molecule has 2 aromatic carbocycles. The maximum Gasteiger partial charge on any atom is 0.407 e. The zero-order chi connectivity index (χ0) is 23.5. The number of furan rings is 1. The largest absolute Gasteiger partial charge is 0.480 e. The van der Waals surface area contributed by atoms with E-state index in [1.807, 2.05) is 36.4 Å². The number of hydrogen-bond acceptors (Lipinski definition) is 5. The number of carbonyl (C=O) groups is 3. The summed E-state index contributed by atoms with van der Waals surface area (Å²) in [6, 6.07) is 18.2. The molecule has 4 rings (SSSR count). The average molecular weight is 448 g/mol. The summed E-state index contributed by atoms with van der Waals surface area (Å²) in [5, 5.41) is 11.7. The number of nitrogens with zero attached hydrogens (tertiary/aromatic N) is 1. The number of alkyl carbamates (subject to hydrolysis) is 1. The van der Waals surface area contributed by atoms with Crippen molar-refractivity contribution in [3.05, 3.63) is 83.3 Å². The molecular weight excluding hydrogens is 424 g/mol. The van der Waals surface area contributed by atoms with Crippen LogP contribution in [0.4, 0.5) is 4.79 Å². The van der Waals surface area contributed by atoms with Crippen molar-refractivity contribution in [2.24, 2.45) is 0 Å². The number of carboxylic acids is 1. The zero-order valence-electron chi connectivity index (χ0n) is 18.3. The van der Waals surface area contributed by atoms with Gasteiger partial charge in [0.25, 0.3) is 5.91 Å². The topological polar surface area (TPSA) is 109 Å². The van der Waals surface area contributed by atoms with Crippen LogP contribution in [0.25, 0.3) is 11.1 Å². The molecule has 2 amide bonds. The van der Waals surface area contributed by atoms with Gasteiger partial charge in [-0.2, -0.15) is 0 Å². The Bertz CT molecular complexity index is 1160. The maximum absolute atomic E-state index is 12.3. The van der Waals surface area contributed by atoms with Crippen LogP contribution in [-0.4, -0.2) is 47.7 Å². The van der Waals surface area contributed by atoms with Gasteiger partial charge in [-0.25, -0.2) is 9.59 Å². The van der Waals surface area contributed by atoms with E-state index in [9.17, 15) is 14.4 Å². The van der Waals surface area contributed by atoms with E-state index in [2.05, 4.69) is 17.4 Å². The van der Waals surface area contributed by atoms with Crippen LogP contribution in [0.2, 0.25) is 0 Å². The van der Waals surface area contributed by atoms with E-state index < -0.39 is 24.0 Å². The highest BCUT2D eigenvalue weighted by molar-refractivity contribution is 5.94. The number of benzene rings is 2. The highest BCUT2D eigenvalue weighted by atomic mass is 16.5. The maximum atomic E-state index is 12.3. The third-order valence-electron chi connectivity index (χ3n) is 5.88. The molecule has 0 spiro atoms. The second-order valence-corrected chi connectivity index (χ2v) is 7.88. The van der Waals surface area contributed by atoms with Crippen molar-refractivity contribution in [3.63, 3.8) is 0 Å². The molecule has 2 N–H and O–H groups in total. The normalized spacial score (nSPS) is 13.0. The van der Waals surface area contributed by atoms with E-state index in [0.29, 0.717) is 5.76 Å². The molecule has 0 saturated carbocycles. The summed E-state index contributed by atoms with van der Waals surface area (Å²) < 4.78 is 10.9. The Labute approximate surface area is 190 Å². The number of carbonyl (C=O) groups excluding carboxylic acids is 2. The Hall–Kier alpha value is -4.07. The highest BCUT2D eigenvalue weighted by Gasteiger charge is 2.29. The number of nitrogens with one attached hydrogen (secondary N) is 1. The number of fused-ring (bicyclic) bond motifs is 3. The summed E-state index contributed by atoms with van der Waals surface area (Å²) >= 11 is 0. The van der Waals surface area contributed by atoms with E-state index in [-0.39, 0.29) is 24.8 Å². The number of hydrogen-bond donors (Lipinski definition) is 2. The molecule has 0 aliphatic heterocycles. The van der Waals surface area contributed by atoms with Crippen molar-refractivity contribution in [1.82, 2.24) is 10.2 Å². The predicted octanol–water partition coefficient (Wildman–Crippen LogP) is 3.86. The fourth-order valence-electron chi connectivity index (χ4n) is 3.91. The lowest BCUT2D eigenvalue weighted by Gasteiger charge is -2.20. The molecule has 8 heteroatoms. The summed E-state index contributed by atoms with van der Waals surface area (Å²) in [5.74, 6) is -1.37. The second-order valence-electron chi connectivity index (χ2n) is 7.88. The summed E-state index contributed by atoms with van der Waals surface area (Å²) in [6.45, 7) is 1.63. The van der Waals surface area contributed by atoms with Crippen LogP contribution in [0.3, 0.4) is 0 Å². The van der Waals surface area contributed by atoms with Crippen molar-refractivity contribution in [2.75, 3.05) is 13.7 Å². The Balaban J connectivity index is 1.33. The first-order chi connectivity index (χ1) is 15.9. The van der Waals surface area contributed by atoms with Gasteiger partial charge in [-0.1, -0.05) is 48.5 Å². The molecule has 170 valence electrons. The first kappa shape index (κ1) is 22.1. The molecule has 1 aliphatic rings. The van der Waals surface area contributed by atoms with Crippen molar-refractivity contribution < 1.29 is 28.6 Å². The van der Waals surface area contributed by atoms with Gasteiger partial charge >= 0.3 is 12.1 Å². The first-order valence-electron chi connectivity index (χ1n) is 10.5. The van der Waals surface area contributed by atoms with Crippen molar-refractivity contribution >= 4 is 18.0 Å². The molecule has 1 unspecified atom stereocenters. The minimum atomic E-state index is -1.12. The summed E-state index contributed by atoms with van der Waals surface area (Å²) in [4.78, 5) is 36.8. The Morgan fingerprint density at radius 2 is 1.64 bits per heavy atom. The summed E-state index contributed by atoms with van der Waals surface area (Å²) in [6.07, 6.45) is -0.599. The second kappa shape index (κ2) is 9.20. The monoisotopic (exact) mass is 448 g/mol. The molecule has 1 aromatic heterocycles. The summed E-state index contributed by atoms with van der Waals surface area (Å²) in [7, 11) is 1.39. The highest BCUT2D eigenvalue weighted by Crippen LogP contribution is 2.44. The molecule has 0 radical (unpaired) electrons. The smallest absolute Gasteiger partial charge is 0.407 e. The Morgan fingerprint density at radius 1 is 1.03 bits per heavy atom. The third kappa shape index (κ3) is 4.45. The van der Waals surface area contributed by atoms with Crippen LogP contribution in [0, 0.1) is 0 Å². The van der Waals surface area contributed by atoms with Gasteiger partial charge < -0.3 is 24.5 Å². The van der Waals surface area contributed by atoms with Gasteiger partial charge in [0.05, 0.1) is 6.54 Å². The van der Waals surface area contributed by atoms with Crippen LogP contribution in [0.5, 0.6) is 0 Å². The van der Waals surface area contributed by atoms with E-state index in [1.165, 1.54) is 20.0 Å². The van der Waals surface area contributed by atoms with Gasteiger partial charge in [0.15, 0.2) is 5.76 Å². The zero-order valence-corrected chi connectivity index (χ0v) is 18.3. The van der Waals surface area contributed by atoms with Crippen molar-refractivity contribution in [3.8, 4) is 11.1 Å². The average Bonchev–Trinajstić information content (AvgIpc) is 3.43. The van der Waals surface area contributed by atoms with Crippen LogP contribution >= 0.6 is 0 Å². The lowest BCUT2D eigenvalue weighted by atomic mass is 9.98. The van der Waals surface area contributed by atoms with Gasteiger partial charge in [-0.3, -0.25) is 4.79 Å². The van der Waals surface area contributed by atoms with Gasteiger partial charge in [-0.05, 0) is 41.3 Å². The minimum absolute atomic E-state index is 0.00469. The SMILES string of the molecule is CC(C(=O)O)N(C)C(=O)c1ccc(CNC(=O)OCC2c3ccccc3-c3ccccc32)o1. The van der Waals surface area contributed by atoms with E-state index in [0.717, 1.165) is 27.2 Å². The fourth-order valence-corrected chi connectivity index (χ4v) is 3.91. The number of carboxylic acid groups (broad SMARTS) is 1. The molecule has 1 aliphatic carbocycles. The standard InChI is InChI=1S/C25H24N2O6/c1-15(24(29)30)27(2)23(28)22-12-11-16(33-22)13-26-25(31)32-14-21-19-9-5-3-7-17(19)18-8-4-6-10-20(18)21/h3-12,15,21H,13-14H2,1-2H3,(H,26,31)(H,29,30). The molecule has 1 heterocycles. The molecule has 0 saturated heterocycles. The molecule has 0 bridgehead atoms. The number of amides is 2. The molecule has 8 nitrogen and oxygen atoms in total. The van der Waals surface area contributed by atoms with Gasteiger partial charge in [0.1, 0.15) is 18.4 Å². The summed E-state index contributed by atoms with van der Waals surface area (Å²) in [5.41, 5.74) is 4.55. The lowest BCUT2D eigenvalue weighted by Crippen LogP contribution is -2.40. The molecule has 3 aromatic rings.